The van der Waals surface area contributed by atoms with Crippen LogP contribution in [0, 0.1) is 29.1 Å². The Bertz CT molecular complexity index is 804. The molecule has 128 valence electrons. The highest BCUT2D eigenvalue weighted by molar-refractivity contribution is 6.23. The highest BCUT2D eigenvalue weighted by atomic mass is 16.5. The third-order valence-electron chi connectivity index (χ3n) is 6.47. The van der Waals surface area contributed by atoms with Crippen molar-refractivity contribution in [1.82, 2.24) is 0 Å². The van der Waals surface area contributed by atoms with Gasteiger partial charge in [-0.3, -0.25) is 9.59 Å². The molecule has 1 aromatic rings. The van der Waals surface area contributed by atoms with E-state index in [9.17, 15) is 14.4 Å². The number of hydrogen-bond donors (Lipinski definition) is 0. The van der Waals surface area contributed by atoms with Crippen molar-refractivity contribution < 1.29 is 19.1 Å². The zero-order valence-corrected chi connectivity index (χ0v) is 14.0. The number of benzene rings is 1. The van der Waals surface area contributed by atoms with E-state index in [1.54, 1.807) is 31.2 Å². The summed E-state index contributed by atoms with van der Waals surface area (Å²) in [4.78, 5) is 39.4. The van der Waals surface area contributed by atoms with Crippen LogP contribution in [0.5, 0.6) is 0 Å². The minimum atomic E-state index is -0.442. The zero-order chi connectivity index (χ0) is 17.3. The molecule has 5 nitrogen and oxygen atoms in total. The molecule has 0 unspecified atom stereocenters. The first kappa shape index (κ1) is 14.9. The van der Waals surface area contributed by atoms with E-state index in [0.717, 1.165) is 12.8 Å². The second kappa shape index (κ2) is 4.81. The molecule has 5 heteroatoms. The summed E-state index contributed by atoms with van der Waals surface area (Å²) in [6.45, 7) is 2.03. The Kier molecular flexibility index (Phi) is 2.86. The van der Waals surface area contributed by atoms with Gasteiger partial charge in [-0.05, 0) is 55.2 Å². The fourth-order valence-electron chi connectivity index (χ4n) is 5.32. The maximum Gasteiger partial charge on any atom is 0.338 e. The molecule has 1 spiro atoms. The second-order valence-electron chi connectivity index (χ2n) is 7.50. The van der Waals surface area contributed by atoms with E-state index >= 15 is 0 Å². The van der Waals surface area contributed by atoms with Crippen molar-refractivity contribution in [3.8, 4) is 0 Å². The first-order chi connectivity index (χ1) is 12.1. The number of allylic oxidation sites excluding steroid dienone is 2. The Labute approximate surface area is 145 Å². The molecule has 25 heavy (non-hydrogen) atoms. The van der Waals surface area contributed by atoms with Crippen LogP contribution in [-0.4, -0.2) is 24.4 Å². The number of nitrogens with zero attached hydrogens (tertiary/aromatic N) is 1. The monoisotopic (exact) mass is 337 g/mol. The number of carbonyl (C=O) groups is 3. The fourth-order valence-corrected chi connectivity index (χ4v) is 5.32. The molecule has 4 aliphatic rings. The lowest BCUT2D eigenvalue weighted by atomic mass is 9.85. The van der Waals surface area contributed by atoms with Gasteiger partial charge in [0, 0.05) is 0 Å². The molecule has 1 aromatic carbocycles. The zero-order valence-electron chi connectivity index (χ0n) is 14.0. The molecule has 2 saturated carbocycles. The number of ether oxygens (including phenoxy) is 1. The van der Waals surface area contributed by atoms with Crippen molar-refractivity contribution in [3.63, 3.8) is 0 Å². The predicted molar refractivity (Wildman–Crippen MR) is 89.7 cm³/mol. The largest absolute Gasteiger partial charge is 0.462 e. The summed E-state index contributed by atoms with van der Waals surface area (Å²) in [5.41, 5.74) is 1.02. The predicted octanol–water partition coefficient (Wildman–Crippen LogP) is 2.56. The molecule has 0 radical (unpaired) electrons. The summed E-state index contributed by atoms with van der Waals surface area (Å²) in [6, 6.07) is 6.61. The molecule has 2 bridgehead atoms. The minimum absolute atomic E-state index is 0.112. The number of amides is 2. The van der Waals surface area contributed by atoms with Crippen molar-refractivity contribution in [2.45, 2.75) is 19.8 Å². The van der Waals surface area contributed by atoms with E-state index in [-0.39, 0.29) is 47.5 Å². The van der Waals surface area contributed by atoms with E-state index in [1.807, 2.05) is 0 Å². The Balaban J connectivity index is 1.49. The van der Waals surface area contributed by atoms with Gasteiger partial charge in [-0.2, -0.15) is 0 Å². The van der Waals surface area contributed by atoms with Crippen LogP contribution < -0.4 is 4.90 Å². The third-order valence-corrected chi connectivity index (χ3v) is 6.47. The standard InChI is InChI=1S/C20H19NO4/c1-2-25-19(24)11-4-3-5-12(10-11)21-17(22)15-13-6-7-14(16(15)18(21)23)20(13)8-9-20/h3-7,10,13-16H,2,8-9H2,1H3/t13-,14+,15-,16-/m0/s1. The summed E-state index contributed by atoms with van der Waals surface area (Å²) < 4.78 is 5.02. The molecule has 1 heterocycles. The first-order valence-corrected chi connectivity index (χ1v) is 8.92. The Hall–Kier alpha value is -2.43. The van der Waals surface area contributed by atoms with Gasteiger partial charge in [-0.15, -0.1) is 0 Å². The number of rotatable bonds is 3. The van der Waals surface area contributed by atoms with E-state index in [0.29, 0.717) is 11.3 Å². The Morgan fingerprint density at radius 3 is 2.36 bits per heavy atom. The normalized spacial score (nSPS) is 33.2. The molecule has 3 aliphatic carbocycles. The average Bonchev–Trinajstić information content (AvgIpc) is 3.20. The van der Waals surface area contributed by atoms with Crippen molar-refractivity contribution in [3.05, 3.63) is 42.0 Å². The molecule has 2 amide bonds. The molecular formula is C20H19NO4. The highest BCUT2D eigenvalue weighted by Gasteiger charge is 2.73. The number of esters is 1. The summed E-state index contributed by atoms with van der Waals surface area (Å²) in [7, 11) is 0. The minimum Gasteiger partial charge on any atom is -0.462 e. The van der Waals surface area contributed by atoms with E-state index in [2.05, 4.69) is 12.2 Å². The van der Waals surface area contributed by atoms with Gasteiger partial charge in [0.25, 0.3) is 0 Å². The van der Waals surface area contributed by atoms with Crippen LogP contribution in [0.1, 0.15) is 30.1 Å². The van der Waals surface area contributed by atoms with Gasteiger partial charge < -0.3 is 4.74 Å². The number of anilines is 1. The van der Waals surface area contributed by atoms with Crippen LogP contribution in [0.4, 0.5) is 5.69 Å². The maximum absolute atomic E-state index is 13.1. The van der Waals surface area contributed by atoms with E-state index < -0.39 is 5.97 Å². The average molecular weight is 337 g/mol. The number of hydrogen-bond acceptors (Lipinski definition) is 4. The smallest absolute Gasteiger partial charge is 0.338 e. The van der Waals surface area contributed by atoms with Gasteiger partial charge in [0.05, 0.1) is 29.7 Å². The topological polar surface area (TPSA) is 63.7 Å². The van der Waals surface area contributed by atoms with E-state index in [4.69, 9.17) is 4.74 Å². The summed E-state index contributed by atoms with van der Waals surface area (Å²) in [5, 5.41) is 0. The van der Waals surface area contributed by atoms with Gasteiger partial charge in [-0.1, -0.05) is 18.2 Å². The van der Waals surface area contributed by atoms with Crippen LogP contribution in [-0.2, 0) is 14.3 Å². The van der Waals surface area contributed by atoms with E-state index in [1.165, 1.54) is 4.90 Å². The number of carbonyl (C=O) groups excluding carboxylic acids is 3. The molecule has 0 aromatic heterocycles. The van der Waals surface area contributed by atoms with Gasteiger partial charge in [-0.25, -0.2) is 9.69 Å². The van der Waals surface area contributed by atoms with Crippen LogP contribution in [0.3, 0.4) is 0 Å². The third kappa shape index (κ3) is 1.76. The summed E-state index contributed by atoms with van der Waals surface area (Å²) in [5.74, 6) is -0.706. The van der Waals surface area contributed by atoms with Crippen LogP contribution in [0.15, 0.2) is 36.4 Å². The SMILES string of the molecule is CCOC(=O)c1cccc(N2C(=O)[C@@H]3[C@@H](C2=O)[C@@H]2C=C[C@H]3C23CC3)c1. The van der Waals surface area contributed by atoms with Crippen LogP contribution >= 0.6 is 0 Å². The van der Waals surface area contributed by atoms with Crippen molar-refractivity contribution >= 4 is 23.5 Å². The Morgan fingerprint density at radius 1 is 1.16 bits per heavy atom. The maximum atomic E-state index is 13.1. The van der Waals surface area contributed by atoms with Gasteiger partial charge in [0.2, 0.25) is 11.8 Å². The lowest BCUT2D eigenvalue weighted by Crippen LogP contribution is -2.34. The molecule has 3 fully saturated rings. The lowest BCUT2D eigenvalue weighted by Gasteiger charge is -2.22. The second-order valence-corrected chi connectivity index (χ2v) is 7.50. The molecular weight excluding hydrogens is 318 g/mol. The molecule has 4 atom stereocenters. The van der Waals surface area contributed by atoms with Crippen molar-refractivity contribution in [2.24, 2.45) is 29.1 Å². The molecule has 0 N–H and O–H groups in total. The van der Waals surface area contributed by atoms with Crippen LogP contribution in [0.2, 0.25) is 0 Å². The first-order valence-electron chi connectivity index (χ1n) is 8.92. The quantitative estimate of drug-likeness (QED) is 0.483. The molecule has 1 saturated heterocycles. The van der Waals surface area contributed by atoms with Crippen LogP contribution in [0.25, 0.3) is 0 Å². The summed E-state index contributed by atoms with van der Waals surface area (Å²) in [6.07, 6.45) is 6.56. The summed E-state index contributed by atoms with van der Waals surface area (Å²) >= 11 is 0. The number of fused-ring (bicyclic) bond motifs is 3. The van der Waals surface area contributed by atoms with Crippen molar-refractivity contribution in [1.29, 1.82) is 0 Å². The van der Waals surface area contributed by atoms with Gasteiger partial charge in [0.1, 0.15) is 0 Å². The highest BCUT2D eigenvalue weighted by Crippen LogP contribution is 2.73. The molecule has 5 rings (SSSR count). The molecule has 1 aliphatic heterocycles. The fraction of sp³-hybridized carbons (Fsp3) is 0.450. The lowest BCUT2D eigenvalue weighted by molar-refractivity contribution is -0.123. The number of imide groups is 1. The van der Waals surface area contributed by atoms with Gasteiger partial charge >= 0.3 is 5.97 Å². The van der Waals surface area contributed by atoms with Crippen molar-refractivity contribution in [2.75, 3.05) is 11.5 Å². The Morgan fingerprint density at radius 2 is 1.80 bits per heavy atom. The van der Waals surface area contributed by atoms with Gasteiger partial charge in [0.15, 0.2) is 0 Å².